The third-order valence-corrected chi connectivity index (χ3v) is 5.73. The monoisotopic (exact) mass is 492 g/mol. The number of nitrogens with zero attached hydrogens (tertiary/aromatic N) is 4. The van der Waals surface area contributed by atoms with Crippen molar-refractivity contribution < 1.29 is 18.3 Å². The van der Waals surface area contributed by atoms with Gasteiger partial charge in [-0.05, 0) is 50.6 Å². The minimum absolute atomic E-state index is 0. The first-order valence-corrected chi connectivity index (χ1v) is 11.0. The Morgan fingerprint density at radius 1 is 1.21 bits per heavy atom. The second-order valence-electron chi connectivity index (χ2n) is 7.53. The van der Waals surface area contributed by atoms with E-state index in [2.05, 4.69) is 9.97 Å². The van der Waals surface area contributed by atoms with Crippen molar-refractivity contribution in [3.05, 3.63) is 72.3 Å². The predicted molar refractivity (Wildman–Crippen MR) is 128 cm³/mol. The van der Waals surface area contributed by atoms with Crippen molar-refractivity contribution >= 4 is 45.0 Å². The second kappa shape index (κ2) is 10.7. The molecule has 0 aliphatic carbocycles. The standard InChI is InChI=1S/C23H22F2N4O2S.ClH/c1-15(2)31-18-6-4-16(5-7-18)22(30)29(10-3-9-28-11-8-26-14-28)23-27-21-19(25)12-17(24)13-20(21)32-23;/h4-8,11-15H,3,9-10H2,1-2H3;1H. The van der Waals surface area contributed by atoms with Gasteiger partial charge in [0, 0.05) is 37.1 Å². The summed E-state index contributed by atoms with van der Waals surface area (Å²) in [5.41, 5.74) is 0.508. The smallest absolute Gasteiger partial charge is 0.260 e. The van der Waals surface area contributed by atoms with Crippen molar-refractivity contribution in [2.45, 2.75) is 32.9 Å². The lowest BCUT2D eigenvalue weighted by atomic mass is 10.2. The Bertz CT molecular complexity index is 1210. The molecule has 2 aromatic carbocycles. The minimum atomic E-state index is -0.747. The molecule has 0 aliphatic heterocycles. The number of thiazole rings is 1. The van der Waals surface area contributed by atoms with Gasteiger partial charge in [-0.3, -0.25) is 9.69 Å². The number of aromatic nitrogens is 3. The van der Waals surface area contributed by atoms with Crippen LogP contribution < -0.4 is 9.64 Å². The lowest BCUT2D eigenvalue weighted by Crippen LogP contribution is -2.32. The van der Waals surface area contributed by atoms with Crippen LogP contribution in [0.25, 0.3) is 10.2 Å². The number of ether oxygens (including phenoxy) is 1. The van der Waals surface area contributed by atoms with E-state index in [1.165, 1.54) is 11.0 Å². The molecule has 0 radical (unpaired) electrons. The molecule has 0 spiro atoms. The van der Waals surface area contributed by atoms with Crippen molar-refractivity contribution in [2.24, 2.45) is 0 Å². The summed E-state index contributed by atoms with van der Waals surface area (Å²) in [6.07, 6.45) is 5.89. The topological polar surface area (TPSA) is 60.2 Å². The van der Waals surface area contributed by atoms with Crippen LogP contribution in [0.3, 0.4) is 0 Å². The van der Waals surface area contributed by atoms with Crippen LogP contribution in [0.4, 0.5) is 13.9 Å². The highest BCUT2D eigenvalue weighted by atomic mass is 35.5. The Morgan fingerprint density at radius 2 is 1.97 bits per heavy atom. The number of hydrogen-bond donors (Lipinski definition) is 0. The Morgan fingerprint density at radius 3 is 2.64 bits per heavy atom. The van der Waals surface area contributed by atoms with Crippen molar-refractivity contribution in [1.29, 1.82) is 0 Å². The first-order chi connectivity index (χ1) is 15.4. The molecular formula is C23H23ClF2N4O2S. The summed E-state index contributed by atoms with van der Waals surface area (Å²) < 4.78 is 35.8. The number of halogens is 3. The molecule has 33 heavy (non-hydrogen) atoms. The van der Waals surface area contributed by atoms with Crippen LogP contribution in [0.1, 0.15) is 30.6 Å². The van der Waals surface area contributed by atoms with Gasteiger partial charge in [-0.1, -0.05) is 11.3 Å². The molecule has 4 rings (SSSR count). The molecule has 0 saturated heterocycles. The molecule has 0 bridgehead atoms. The Kier molecular flexibility index (Phi) is 7.99. The molecule has 2 heterocycles. The quantitative estimate of drug-likeness (QED) is 0.316. The van der Waals surface area contributed by atoms with Crippen LogP contribution in [0.5, 0.6) is 5.75 Å². The molecule has 0 fully saturated rings. The number of imidazole rings is 1. The van der Waals surface area contributed by atoms with Crippen LogP contribution in [-0.4, -0.2) is 33.1 Å². The molecule has 0 N–H and O–H groups in total. The Labute approximate surface area is 200 Å². The van der Waals surface area contributed by atoms with Gasteiger partial charge in [0.25, 0.3) is 5.91 Å². The number of carbonyl (C=O) groups excluding carboxylic acids is 1. The zero-order valence-corrected chi connectivity index (χ0v) is 19.7. The zero-order valence-electron chi connectivity index (χ0n) is 18.1. The summed E-state index contributed by atoms with van der Waals surface area (Å²) in [7, 11) is 0. The molecule has 6 nitrogen and oxygen atoms in total. The number of fused-ring (bicyclic) bond motifs is 1. The van der Waals surface area contributed by atoms with Gasteiger partial charge in [-0.15, -0.1) is 12.4 Å². The van der Waals surface area contributed by atoms with E-state index >= 15 is 0 Å². The SMILES string of the molecule is CC(C)Oc1ccc(C(=O)N(CCCn2ccnc2)c2nc3c(F)cc(F)cc3s2)cc1.Cl. The van der Waals surface area contributed by atoms with Crippen LogP contribution in [-0.2, 0) is 6.54 Å². The number of carbonyl (C=O) groups is 1. The number of benzene rings is 2. The highest BCUT2D eigenvalue weighted by molar-refractivity contribution is 7.22. The maximum absolute atomic E-state index is 14.2. The van der Waals surface area contributed by atoms with E-state index in [-0.39, 0.29) is 29.9 Å². The first kappa shape index (κ1) is 24.6. The van der Waals surface area contributed by atoms with Gasteiger partial charge in [-0.2, -0.15) is 0 Å². The van der Waals surface area contributed by atoms with Crippen LogP contribution in [0.15, 0.2) is 55.1 Å². The summed E-state index contributed by atoms with van der Waals surface area (Å²) in [6, 6.07) is 8.89. The third-order valence-electron chi connectivity index (χ3n) is 4.71. The summed E-state index contributed by atoms with van der Waals surface area (Å²) in [5, 5.41) is 0.322. The highest BCUT2D eigenvalue weighted by Crippen LogP contribution is 2.32. The largest absolute Gasteiger partial charge is 0.491 e. The average Bonchev–Trinajstić information content (AvgIpc) is 3.41. The fourth-order valence-corrected chi connectivity index (χ4v) is 4.31. The van der Waals surface area contributed by atoms with Gasteiger partial charge in [0.05, 0.1) is 17.1 Å². The minimum Gasteiger partial charge on any atom is -0.491 e. The number of anilines is 1. The van der Waals surface area contributed by atoms with Gasteiger partial charge >= 0.3 is 0 Å². The summed E-state index contributed by atoms with van der Waals surface area (Å²) >= 11 is 1.09. The number of aryl methyl sites for hydroxylation is 1. The number of rotatable bonds is 8. The average molecular weight is 493 g/mol. The van der Waals surface area contributed by atoms with E-state index in [1.54, 1.807) is 36.8 Å². The molecule has 0 saturated carbocycles. The predicted octanol–water partition coefficient (Wildman–Crippen LogP) is 5.72. The fourth-order valence-electron chi connectivity index (χ4n) is 3.28. The molecule has 2 aromatic heterocycles. The van der Waals surface area contributed by atoms with Crippen molar-refractivity contribution in [3.63, 3.8) is 0 Å². The van der Waals surface area contributed by atoms with Gasteiger partial charge < -0.3 is 9.30 Å². The van der Waals surface area contributed by atoms with Gasteiger partial charge in [-0.25, -0.2) is 18.7 Å². The summed E-state index contributed by atoms with van der Waals surface area (Å²) in [6.45, 7) is 4.86. The molecular weight excluding hydrogens is 470 g/mol. The second-order valence-corrected chi connectivity index (χ2v) is 8.54. The first-order valence-electron chi connectivity index (χ1n) is 10.2. The van der Waals surface area contributed by atoms with Crippen molar-refractivity contribution in [2.75, 3.05) is 11.4 Å². The fraction of sp³-hybridized carbons (Fsp3) is 0.261. The van der Waals surface area contributed by atoms with Gasteiger partial charge in [0.15, 0.2) is 10.9 Å². The van der Waals surface area contributed by atoms with E-state index in [9.17, 15) is 13.6 Å². The highest BCUT2D eigenvalue weighted by Gasteiger charge is 2.22. The van der Waals surface area contributed by atoms with E-state index < -0.39 is 11.6 Å². The van der Waals surface area contributed by atoms with Crippen molar-refractivity contribution in [1.82, 2.24) is 14.5 Å². The summed E-state index contributed by atoms with van der Waals surface area (Å²) in [5.74, 6) is -1.03. The molecule has 4 aromatic rings. The van der Waals surface area contributed by atoms with Gasteiger partial charge in [0.2, 0.25) is 0 Å². The lowest BCUT2D eigenvalue weighted by molar-refractivity contribution is 0.0986. The van der Waals surface area contributed by atoms with Gasteiger partial charge in [0.1, 0.15) is 17.1 Å². The molecule has 10 heteroatoms. The molecule has 174 valence electrons. The van der Waals surface area contributed by atoms with E-state index in [1.807, 2.05) is 24.6 Å². The number of hydrogen-bond acceptors (Lipinski definition) is 5. The van der Waals surface area contributed by atoms with E-state index in [0.717, 1.165) is 17.4 Å². The molecule has 1 amide bonds. The van der Waals surface area contributed by atoms with E-state index in [0.29, 0.717) is 40.7 Å². The number of amides is 1. The van der Waals surface area contributed by atoms with E-state index in [4.69, 9.17) is 4.74 Å². The van der Waals surface area contributed by atoms with Crippen LogP contribution in [0.2, 0.25) is 0 Å². The van der Waals surface area contributed by atoms with Crippen molar-refractivity contribution in [3.8, 4) is 5.75 Å². The van der Waals surface area contributed by atoms with Crippen LogP contribution >= 0.6 is 23.7 Å². The molecule has 0 unspecified atom stereocenters. The molecule has 0 aliphatic rings. The summed E-state index contributed by atoms with van der Waals surface area (Å²) in [4.78, 5) is 23.2. The molecule has 0 atom stereocenters. The zero-order chi connectivity index (χ0) is 22.7. The normalized spacial score (nSPS) is 10.9. The maximum Gasteiger partial charge on any atom is 0.260 e. The Balaban J connectivity index is 0.00000306. The Hall–Kier alpha value is -3.04. The van der Waals surface area contributed by atoms with Crippen LogP contribution in [0, 0.1) is 11.6 Å². The lowest BCUT2D eigenvalue weighted by Gasteiger charge is -2.20. The third kappa shape index (κ3) is 5.85. The maximum atomic E-state index is 14.2.